The van der Waals surface area contributed by atoms with Crippen molar-refractivity contribution in [2.45, 2.75) is 6.16 Å². The molecule has 74 valence electrons. The average molecular weight is 211 g/mol. The summed E-state index contributed by atoms with van der Waals surface area (Å²) in [6.45, 7) is 0. The average Bonchev–Trinajstić information content (AvgIpc) is 2.20. The monoisotopic (exact) mass is 211 g/mol. The van der Waals surface area contributed by atoms with Gasteiger partial charge in [0.15, 0.2) is 8.46 Å². The predicted octanol–water partition coefficient (Wildman–Crippen LogP) is 1.85. The van der Waals surface area contributed by atoms with E-state index in [0.29, 0.717) is 23.0 Å². The Balaban J connectivity index is 3.05. The molecule has 0 aliphatic heterocycles. The number of nitrogens with two attached hydrogens (primary N) is 1. The number of esters is 1. The largest absolute Gasteiger partial charge is 0.465 e. The van der Waals surface area contributed by atoms with Crippen molar-refractivity contribution in [3.05, 3.63) is 29.3 Å². The van der Waals surface area contributed by atoms with Gasteiger partial charge in [0.25, 0.3) is 0 Å². The first-order valence-corrected chi connectivity index (χ1v) is 4.94. The quantitative estimate of drug-likeness (QED) is 0.470. The van der Waals surface area contributed by atoms with Gasteiger partial charge in [0.2, 0.25) is 0 Å². The molecule has 4 nitrogen and oxygen atoms in total. The van der Waals surface area contributed by atoms with Gasteiger partial charge in [0.1, 0.15) is 0 Å². The van der Waals surface area contributed by atoms with Crippen LogP contribution in [0.15, 0.2) is 18.2 Å². The maximum atomic E-state index is 11.1. The second-order valence-corrected chi connectivity index (χ2v) is 3.27. The van der Waals surface area contributed by atoms with E-state index in [1.807, 2.05) is 0 Å². The van der Waals surface area contributed by atoms with E-state index in [4.69, 9.17) is 5.73 Å². The molecule has 5 heteroatoms. The fourth-order valence-corrected chi connectivity index (χ4v) is 1.47. The highest BCUT2D eigenvalue weighted by molar-refractivity contribution is 7.22. The lowest BCUT2D eigenvalue weighted by molar-refractivity contribution is 0.0600. The van der Waals surface area contributed by atoms with E-state index in [1.54, 1.807) is 18.2 Å². The van der Waals surface area contributed by atoms with Crippen molar-refractivity contribution in [1.29, 1.82) is 0 Å². The fourth-order valence-electron chi connectivity index (χ4n) is 1.06. The second-order valence-electron chi connectivity index (χ2n) is 2.69. The molecule has 0 atom stereocenters. The zero-order chi connectivity index (χ0) is 10.6. The number of rotatable bonds is 3. The van der Waals surface area contributed by atoms with E-state index in [1.165, 1.54) is 7.11 Å². The molecule has 0 bridgehead atoms. The summed E-state index contributed by atoms with van der Waals surface area (Å²) in [5, 5.41) is 0. The molecule has 0 saturated heterocycles. The highest BCUT2D eigenvalue weighted by Crippen LogP contribution is 2.19. The summed E-state index contributed by atoms with van der Waals surface area (Å²) in [6.07, 6.45) is 0.302. The number of hydrogen-bond acceptors (Lipinski definition) is 4. The zero-order valence-electron chi connectivity index (χ0n) is 7.69. The molecule has 1 aromatic rings. The van der Waals surface area contributed by atoms with Crippen LogP contribution in [0.3, 0.4) is 0 Å². The highest BCUT2D eigenvalue weighted by atomic mass is 31.1. The van der Waals surface area contributed by atoms with Crippen LogP contribution in [0.4, 0.5) is 5.69 Å². The number of hydrogen-bond donors (Lipinski definition) is 1. The Hall–Kier alpha value is -1.41. The maximum absolute atomic E-state index is 11.1. The van der Waals surface area contributed by atoms with E-state index < -0.39 is 5.97 Å². The van der Waals surface area contributed by atoms with Gasteiger partial charge in [-0.2, -0.15) is 0 Å². The Labute approximate surface area is 83.3 Å². The van der Waals surface area contributed by atoms with Crippen LogP contribution in [0.2, 0.25) is 0 Å². The van der Waals surface area contributed by atoms with Gasteiger partial charge in [-0.05, 0) is 23.8 Å². The second kappa shape index (κ2) is 4.72. The summed E-state index contributed by atoms with van der Waals surface area (Å²) in [6, 6.07) is 4.77. The van der Waals surface area contributed by atoms with Crippen molar-refractivity contribution in [2.24, 2.45) is 0 Å². The molecule has 0 aliphatic carbocycles. The summed E-state index contributed by atoms with van der Waals surface area (Å²) >= 11 is 0. The van der Waals surface area contributed by atoms with Gasteiger partial charge in [-0.3, -0.25) is 4.57 Å². The lowest BCUT2D eigenvalue weighted by Gasteiger charge is -2.04. The first-order valence-electron chi connectivity index (χ1n) is 3.95. The molecule has 0 saturated carbocycles. The number of ether oxygens (including phenoxy) is 1. The number of methoxy groups -OCH3 is 1. The van der Waals surface area contributed by atoms with Crippen molar-refractivity contribution in [1.82, 2.24) is 0 Å². The summed E-state index contributed by atoms with van der Waals surface area (Å²) < 4.78 is 15.0. The molecular formula is C9H10NO3P. The van der Waals surface area contributed by atoms with Crippen LogP contribution in [0, 0.1) is 0 Å². The Morgan fingerprint density at radius 3 is 2.86 bits per heavy atom. The van der Waals surface area contributed by atoms with Gasteiger partial charge < -0.3 is 10.5 Å². The first-order chi connectivity index (χ1) is 6.69. The van der Waals surface area contributed by atoms with Crippen LogP contribution in [0.25, 0.3) is 0 Å². The number of nitrogen functional groups attached to an aromatic ring is 1. The van der Waals surface area contributed by atoms with Gasteiger partial charge in [0, 0.05) is 5.69 Å². The lowest BCUT2D eigenvalue weighted by atomic mass is 10.1. The highest BCUT2D eigenvalue weighted by Gasteiger charge is 2.07. The zero-order valence-corrected chi connectivity index (χ0v) is 8.58. The molecule has 0 heterocycles. The summed E-state index contributed by atoms with van der Waals surface area (Å²) in [7, 11) is 1.29. The van der Waals surface area contributed by atoms with E-state index >= 15 is 0 Å². The van der Waals surface area contributed by atoms with Gasteiger partial charge in [0.05, 0.1) is 18.8 Å². The van der Waals surface area contributed by atoms with Crippen molar-refractivity contribution in [2.75, 3.05) is 12.8 Å². The number of anilines is 1. The van der Waals surface area contributed by atoms with Crippen molar-refractivity contribution < 1.29 is 14.1 Å². The van der Waals surface area contributed by atoms with Gasteiger partial charge >= 0.3 is 5.97 Å². The summed E-state index contributed by atoms with van der Waals surface area (Å²) in [5.74, 6) is -0.422. The third kappa shape index (κ3) is 2.30. The smallest absolute Gasteiger partial charge is 0.337 e. The molecule has 1 aromatic carbocycles. The molecule has 0 fully saturated rings. The molecule has 0 spiro atoms. The van der Waals surface area contributed by atoms with Gasteiger partial charge in [-0.25, -0.2) is 4.79 Å². The van der Waals surface area contributed by atoms with Crippen LogP contribution in [-0.4, -0.2) is 13.1 Å². The number of carbonyl (C=O) groups excluding carboxylic acids is 1. The van der Waals surface area contributed by atoms with Gasteiger partial charge in [-0.15, -0.1) is 0 Å². The standard InChI is InChI=1S/C9H10NO3P/c1-13-9(11)6-2-3-8(10)7(4-6)5-14-12/h2-4H,5,10H2,1H3. The minimum atomic E-state index is -0.422. The van der Waals surface area contributed by atoms with Gasteiger partial charge in [-0.1, -0.05) is 0 Å². The Morgan fingerprint density at radius 1 is 1.57 bits per heavy atom. The molecule has 1 rings (SSSR count). The van der Waals surface area contributed by atoms with Crippen LogP contribution < -0.4 is 5.73 Å². The molecule has 0 amide bonds. The molecule has 0 aromatic heterocycles. The molecule has 0 unspecified atom stereocenters. The molecule has 14 heavy (non-hydrogen) atoms. The van der Waals surface area contributed by atoms with Crippen LogP contribution >= 0.6 is 8.46 Å². The molecule has 2 N–H and O–H groups in total. The van der Waals surface area contributed by atoms with Crippen molar-refractivity contribution >= 4 is 20.1 Å². The summed E-state index contributed by atoms with van der Waals surface area (Å²) in [5.41, 5.74) is 7.25. The molecule has 0 aliphatic rings. The topological polar surface area (TPSA) is 69.4 Å². The van der Waals surface area contributed by atoms with E-state index in [2.05, 4.69) is 4.74 Å². The van der Waals surface area contributed by atoms with Crippen LogP contribution in [-0.2, 0) is 15.5 Å². The third-order valence-corrected chi connectivity index (χ3v) is 2.27. The van der Waals surface area contributed by atoms with E-state index in [0.717, 1.165) is 0 Å². The predicted molar refractivity (Wildman–Crippen MR) is 53.5 cm³/mol. The van der Waals surface area contributed by atoms with Crippen molar-refractivity contribution in [3.8, 4) is 0 Å². The SMILES string of the molecule is COC(=O)c1ccc(N)c(CP=O)c1. The molecule has 0 radical (unpaired) electrons. The Kier molecular flexibility index (Phi) is 3.60. The number of benzene rings is 1. The Morgan fingerprint density at radius 2 is 2.29 bits per heavy atom. The fraction of sp³-hybridized carbons (Fsp3) is 0.222. The van der Waals surface area contributed by atoms with Crippen LogP contribution in [0.1, 0.15) is 15.9 Å². The minimum Gasteiger partial charge on any atom is -0.465 e. The number of carbonyl (C=O) groups is 1. The molecular weight excluding hydrogens is 201 g/mol. The minimum absolute atomic E-state index is 0.0226. The maximum Gasteiger partial charge on any atom is 0.337 e. The summed E-state index contributed by atoms with van der Waals surface area (Å²) in [4.78, 5) is 11.1. The normalized spacial score (nSPS) is 10.1. The third-order valence-electron chi connectivity index (χ3n) is 1.80. The van der Waals surface area contributed by atoms with Crippen molar-refractivity contribution in [3.63, 3.8) is 0 Å². The Bertz CT molecular complexity index is 365. The lowest BCUT2D eigenvalue weighted by Crippen LogP contribution is -2.03. The van der Waals surface area contributed by atoms with E-state index in [-0.39, 0.29) is 8.46 Å². The van der Waals surface area contributed by atoms with E-state index in [9.17, 15) is 9.36 Å². The van der Waals surface area contributed by atoms with Crippen LogP contribution in [0.5, 0.6) is 0 Å². The first kappa shape index (κ1) is 10.7.